The summed E-state index contributed by atoms with van der Waals surface area (Å²) in [7, 11) is 0. The molecule has 0 fully saturated rings. The first-order chi connectivity index (χ1) is 6.44. The summed E-state index contributed by atoms with van der Waals surface area (Å²) in [6.07, 6.45) is 1.54. The van der Waals surface area contributed by atoms with Crippen LogP contribution in [0.3, 0.4) is 0 Å². The molecular weight excluding hydrogens is 249 g/mol. The molecule has 0 spiro atoms. The zero-order valence-corrected chi connectivity index (χ0v) is 9.73. The SMILES string of the molecule is CC(C)(CN)Nc1ncc(Br)cc1F. The summed E-state index contributed by atoms with van der Waals surface area (Å²) in [6.45, 7) is 4.18. The molecule has 0 aliphatic heterocycles. The van der Waals surface area contributed by atoms with Gasteiger partial charge in [-0.15, -0.1) is 0 Å². The van der Waals surface area contributed by atoms with Crippen molar-refractivity contribution in [2.45, 2.75) is 19.4 Å². The van der Waals surface area contributed by atoms with Crippen molar-refractivity contribution in [3.63, 3.8) is 0 Å². The number of hydrogen-bond donors (Lipinski definition) is 2. The Hall–Kier alpha value is -0.680. The minimum Gasteiger partial charge on any atom is -0.361 e. The van der Waals surface area contributed by atoms with Crippen LogP contribution in [0.2, 0.25) is 0 Å². The molecule has 1 aromatic rings. The molecule has 0 radical (unpaired) electrons. The van der Waals surface area contributed by atoms with Gasteiger partial charge < -0.3 is 11.1 Å². The third-order valence-electron chi connectivity index (χ3n) is 1.77. The van der Waals surface area contributed by atoms with Gasteiger partial charge in [0.05, 0.1) is 0 Å². The number of nitrogens with one attached hydrogen (secondary N) is 1. The fourth-order valence-electron chi connectivity index (χ4n) is 0.878. The molecule has 3 N–H and O–H groups in total. The molecule has 0 amide bonds. The van der Waals surface area contributed by atoms with Crippen molar-refractivity contribution in [3.05, 3.63) is 22.6 Å². The van der Waals surface area contributed by atoms with Crippen molar-refractivity contribution < 1.29 is 4.39 Å². The zero-order valence-electron chi connectivity index (χ0n) is 8.14. The predicted octanol–water partition coefficient (Wildman–Crippen LogP) is 2.13. The van der Waals surface area contributed by atoms with Crippen molar-refractivity contribution >= 4 is 21.7 Å². The van der Waals surface area contributed by atoms with E-state index < -0.39 is 0 Å². The number of hydrogen-bond acceptors (Lipinski definition) is 3. The van der Waals surface area contributed by atoms with E-state index in [1.807, 2.05) is 13.8 Å². The van der Waals surface area contributed by atoms with Crippen LogP contribution in [-0.2, 0) is 0 Å². The van der Waals surface area contributed by atoms with E-state index in [2.05, 4.69) is 26.2 Å². The van der Waals surface area contributed by atoms with Gasteiger partial charge in [-0.3, -0.25) is 0 Å². The molecule has 0 aromatic carbocycles. The third kappa shape index (κ3) is 2.92. The number of nitrogens with zero attached hydrogens (tertiary/aromatic N) is 1. The van der Waals surface area contributed by atoms with Crippen LogP contribution >= 0.6 is 15.9 Å². The Bertz CT molecular complexity index is 328. The molecule has 5 heteroatoms. The smallest absolute Gasteiger partial charge is 0.166 e. The number of nitrogens with two attached hydrogens (primary N) is 1. The summed E-state index contributed by atoms with van der Waals surface area (Å²) in [5.41, 5.74) is 5.15. The first-order valence-electron chi connectivity index (χ1n) is 4.24. The predicted molar refractivity (Wildman–Crippen MR) is 58.7 cm³/mol. The van der Waals surface area contributed by atoms with Crippen molar-refractivity contribution in [1.82, 2.24) is 4.98 Å². The van der Waals surface area contributed by atoms with Gasteiger partial charge in [0, 0.05) is 22.8 Å². The number of halogens is 2. The lowest BCUT2D eigenvalue weighted by Crippen LogP contribution is -2.39. The molecule has 0 bridgehead atoms. The summed E-state index contributed by atoms with van der Waals surface area (Å²) in [5.74, 6) is -0.162. The Morgan fingerprint density at radius 3 is 2.79 bits per heavy atom. The topological polar surface area (TPSA) is 50.9 Å². The molecule has 0 aliphatic carbocycles. The molecular formula is C9H13BrFN3. The largest absolute Gasteiger partial charge is 0.361 e. The molecule has 1 heterocycles. The van der Waals surface area contributed by atoms with E-state index in [1.165, 1.54) is 12.3 Å². The van der Waals surface area contributed by atoms with Crippen LogP contribution in [0.15, 0.2) is 16.7 Å². The summed E-state index contributed by atoms with van der Waals surface area (Å²) in [5, 5.41) is 2.93. The van der Waals surface area contributed by atoms with E-state index in [0.717, 1.165) is 0 Å². The van der Waals surface area contributed by atoms with E-state index in [0.29, 0.717) is 11.0 Å². The third-order valence-corrected chi connectivity index (χ3v) is 2.21. The average Bonchev–Trinajstić information content (AvgIpc) is 2.10. The van der Waals surface area contributed by atoms with Crippen LogP contribution in [0.25, 0.3) is 0 Å². The highest BCUT2D eigenvalue weighted by Gasteiger charge is 2.17. The highest BCUT2D eigenvalue weighted by molar-refractivity contribution is 9.10. The van der Waals surface area contributed by atoms with E-state index in [-0.39, 0.29) is 17.2 Å². The van der Waals surface area contributed by atoms with E-state index in [1.54, 1.807) is 0 Å². The number of pyridine rings is 1. The Labute approximate surface area is 91.0 Å². The highest BCUT2D eigenvalue weighted by Crippen LogP contribution is 2.19. The fourth-order valence-corrected chi connectivity index (χ4v) is 1.18. The van der Waals surface area contributed by atoms with Gasteiger partial charge in [-0.2, -0.15) is 0 Å². The van der Waals surface area contributed by atoms with Crippen molar-refractivity contribution in [1.29, 1.82) is 0 Å². The van der Waals surface area contributed by atoms with Gasteiger partial charge in [-0.25, -0.2) is 9.37 Å². The molecule has 0 saturated carbocycles. The van der Waals surface area contributed by atoms with Crippen molar-refractivity contribution in [3.8, 4) is 0 Å². The molecule has 14 heavy (non-hydrogen) atoms. The number of rotatable bonds is 3. The van der Waals surface area contributed by atoms with Crippen LogP contribution < -0.4 is 11.1 Å². The minimum atomic E-state index is -0.388. The molecule has 0 unspecified atom stereocenters. The molecule has 1 rings (SSSR count). The van der Waals surface area contributed by atoms with Crippen LogP contribution in [0, 0.1) is 5.82 Å². The number of aromatic nitrogens is 1. The van der Waals surface area contributed by atoms with Crippen LogP contribution in [0.1, 0.15) is 13.8 Å². The second-order valence-electron chi connectivity index (χ2n) is 3.70. The average molecular weight is 262 g/mol. The standard InChI is InChI=1S/C9H13BrFN3/c1-9(2,5-12)14-8-7(11)3-6(10)4-13-8/h3-4H,5,12H2,1-2H3,(H,13,14). The van der Waals surface area contributed by atoms with Gasteiger partial charge in [-0.1, -0.05) is 0 Å². The highest BCUT2D eigenvalue weighted by atomic mass is 79.9. The second-order valence-corrected chi connectivity index (χ2v) is 4.61. The first kappa shape index (κ1) is 11.4. The Balaban J connectivity index is 2.87. The minimum absolute atomic E-state index is 0.226. The van der Waals surface area contributed by atoms with E-state index >= 15 is 0 Å². The zero-order chi connectivity index (χ0) is 10.8. The van der Waals surface area contributed by atoms with Gasteiger partial charge in [-0.05, 0) is 35.8 Å². The van der Waals surface area contributed by atoms with E-state index in [4.69, 9.17) is 5.73 Å². The summed E-state index contributed by atoms with van der Waals surface area (Å²) in [6, 6.07) is 1.36. The molecule has 3 nitrogen and oxygen atoms in total. The lowest BCUT2D eigenvalue weighted by molar-refractivity contribution is 0.559. The fraction of sp³-hybridized carbons (Fsp3) is 0.444. The lowest BCUT2D eigenvalue weighted by Gasteiger charge is -2.24. The molecule has 0 aliphatic rings. The maximum atomic E-state index is 13.3. The first-order valence-corrected chi connectivity index (χ1v) is 5.03. The molecule has 0 atom stereocenters. The summed E-state index contributed by atoms with van der Waals surface area (Å²) in [4.78, 5) is 3.92. The maximum Gasteiger partial charge on any atom is 0.166 e. The Morgan fingerprint density at radius 1 is 1.64 bits per heavy atom. The number of anilines is 1. The van der Waals surface area contributed by atoms with Crippen molar-refractivity contribution in [2.24, 2.45) is 5.73 Å². The maximum absolute atomic E-state index is 13.3. The van der Waals surface area contributed by atoms with E-state index in [9.17, 15) is 4.39 Å². The van der Waals surface area contributed by atoms with Crippen LogP contribution in [0.4, 0.5) is 10.2 Å². The van der Waals surface area contributed by atoms with Gasteiger partial charge in [0.25, 0.3) is 0 Å². The molecule has 1 aromatic heterocycles. The summed E-state index contributed by atoms with van der Waals surface area (Å²) >= 11 is 3.14. The Morgan fingerprint density at radius 2 is 2.29 bits per heavy atom. The second kappa shape index (κ2) is 4.23. The van der Waals surface area contributed by atoms with Crippen LogP contribution in [-0.4, -0.2) is 17.1 Å². The summed E-state index contributed by atoms with van der Waals surface area (Å²) < 4.78 is 13.9. The van der Waals surface area contributed by atoms with Gasteiger partial charge >= 0.3 is 0 Å². The van der Waals surface area contributed by atoms with Gasteiger partial charge in [0.2, 0.25) is 0 Å². The molecule has 0 saturated heterocycles. The van der Waals surface area contributed by atoms with Gasteiger partial charge in [0.1, 0.15) is 0 Å². The lowest BCUT2D eigenvalue weighted by atomic mass is 10.1. The normalized spacial score (nSPS) is 11.5. The molecule has 78 valence electrons. The monoisotopic (exact) mass is 261 g/mol. The van der Waals surface area contributed by atoms with Gasteiger partial charge in [0.15, 0.2) is 11.6 Å². The Kier molecular flexibility index (Phi) is 3.44. The van der Waals surface area contributed by atoms with Crippen molar-refractivity contribution in [2.75, 3.05) is 11.9 Å². The quantitative estimate of drug-likeness (QED) is 0.877. The van der Waals surface area contributed by atoms with Crippen LogP contribution in [0.5, 0.6) is 0 Å².